The molecule has 1 amide bonds. The van der Waals surface area contributed by atoms with Crippen LogP contribution in [0.2, 0.25) is 0 Å². The van der Waals surface area contributed by atoms with E-state index in [1.807, 2.05) is 16.8 Å². The lowest BCUT2D eigenvalue weighted by molar-refractivity contribution is -0.117. The molecule has 166 valence electrons. The van der Waals surface area contributed by atoms with Crippen molar-refractivity contribution < 1.29 is 13.9 Å². The number of fused-ring (bicyclic) bond motifs is 1. The number of amides is 1. The van der Waals surface area contributed by atoms with Crippen molar-refractivity contribution in [3.63, 3.8) is 0 Å². The number of benzene rings is 1. The van der Waals surface area contributed by atoms with Gasteiger partial charge in [-0.2, -0.15) is 5.10 Å². The zero-order valence-electron chi connectivity index (χ0n) is 17.9. The van der Waals surface area contributed by atoms with Gasteiger partial charge in [0, 0.05) is 24.7 Å². The molecule has 2 aliphatic heterocycles. The van der Waals surface area contributed by atoms with Crippen LogP contribution in [-0.4, -0.2) is 51.8 Å². The van der Waals surface area contributed by atoms with Crippen molar-refractivity contribution in [2.45, 2.75) is 32.2 Å². The van der Waals surface area contributed by atoms with E-state index in [-0.39, 0.29) is 11.7 Å². The Morgan fingerprint density at radius 3 is 2.66 bits per heavy atom. The van der Waals surface area contributed by atoms with E-state index in [2.05, 4.69) is 15.2 Å². The first-order valence-electron chi connectivity index (χ1n) is 11.2. The maximum atomic E-state index is 13.5. The van der Waals surface area contributed by atoms with Crippen LogP contribution in [0.15, 0.2) is 42.6 Å². The Kier molecular flexibility index (Phi) is 5.85. The van der Waals surface area contributed by atoms with E-state index >= 15 is 0 Å². The number of hydrogen-bond acceptors (Lipinski definition) is 5. The maximum Gasteiger partial charge on any atom is 0.239 e. The van der Waals surface area contributed by atoms with Gasteiger partial charge in [0.1, 0.15) is 17.3 Å². The highest BCUT2D eigenvalue weighted by molar-refractivity contribution is 5.93. The van der Waals surface area contributed by atoms with Gasteiger partial charge in [-0.1, -0.05) is 6.42 Å². The zero-order chi connectivity index (χ0) is 21.9. The first-order valence-corrected chi connectivity index (χ1v) is 11.2. The van der Waals surface area contributed by atoms with E-state index < -0.39 is 0 Å². The fourth-order valence-corrected chi connectivity index (χ4v) is 4.36. The summed E-state index contributed by atoms with van der Waals surface area (Å²) in [7, 11) is 0. The predicted octanol–water partition coefficient (Wildman–Crippen LogP) is 3.96. The second-order valence-electron chi connectivity index (χ2n) is 8.28. The summed E-state index contributed by atoms with van der Waals surface area (Å²) in [5.41, 5.74) is 3.19. The van der Waals surface area contributed by atoms with Crippen LogP contribution in [0.1, 0.15) is 25.7 Å². The van der Waals surface area contributed by atoms with Crippen molar-refractivity contribution in [1.82, 2.24) is 19.7 Å². The highest BCUT2D eigenvalue weighted by Gasteiger charge is 2.25. The number of ether oxygens (including phenoxy) is 1. The van der Waals surface area contributed by atoms with Gasteiger partial charge in [0.25, 0.3) is 0 Å². The number of rotatable bonds is 5. The maximum absolute atomic E-state index is 13.5. The van der Waals surface area contributed by atoms with Crippen LogP contribution in [0, 0.1) is 5.82 Å². The number of hydrogen-bond donors (Lipinski definition) is 1. The van der Waals surface area contributed by atoms with Crippen molar-refractivity contribution in [2.24, 2.45) is 0 Å². The quantitative estimate of drug-likeness (QED) is 0.657. The molecule has 1 saturated heterocycles. The molecule has 4 heterocycles. The monoisotopic (exact) mass is 435 g/mol. The average molecular weight is 436 g/mol. The third kappa shape index (κ3) is 4.36. The number of carbonyl (C=O) groups is 1. The second kappa shape index (κ2) is 9.08. The smallest absolute Gasteiger partial charge is 0.239 e. The molecule has 2 aromatic heterocycles. The van der Waals surface area contributed by atoms with Crippen molar-refractivity contribution in [3.05, 3.63) is 48.4 Å². The number of aryl methyl sites for hydroxylation is 1. The van der Waals surface area contributed by atoms with Gasteiger partial charge in [0.05, 0.1) is 18.7 Å². The Hall–Kier alpha value is -3.26. The van der Waals surface area contributed by atoms with Crippen molar-refractivity contribution in [3.8, 4) is 28.3 Å². The van der Waals surface area contributed by atoms with E-state index in [1.165, 1.54) is 18.6 Å². The first kappa shape index (κ1) is 20.6. The molecule has 2 aliphatic rings. The Balaban J connectivity index is 1.45. The number of halogens is 1. The van der Waals surface area contributed by atoms with Gasteiger partial charge in [-0.05, 0) is 67.9 Å². The van der Waals surface area contributed by atoms with E-state index in [4.69, 9.17) is 9.84 Å². The average Bonchev–Trinajstić information content (AvgIpc) is 3.20. The fraction of sp³-hybridized carbons (Fsp3) is 0.375. The van der Waals surface area contributed by atoms with Gasteiger partial charge in [-0.15, -0.1) is 0 Å². The molecule has 0 saturated carbocycles. The number of likely N-dealkylation sites (tertiary alicyclic amines) is 1. The van der Waals surface area contributed by atoms with Crippen molar-refractivity contribution in [2.75, 3.05) is 31.6 Å². The summed E-state index contributed by atoms with van der Waals surface area (Å²) in [5.74, 6) is 0.819. The number of piperidine rings is 1. The third-order valence-electron chi connectivity index (χ3n) is 5.91. The lowest BCUT2D eigenvalue weighted by atomic mass is 10.0. The van der Waals surface area contributed by atoms with Crippen molar-refractivity contribution >= 4 is 11.7 Å². The van der Waals surface area contributed by atoms with E-state index in [1.54, 1.807) is 18.3 Å². The number of aromatic nitrogens is 3. The van der Waals surface area contributed by atoms with Crippen LogP contribution in [-0.2, 0) is 11.3 Å². The SMILES string of the molecule is O=C(CN1CCCCC1)Nc1cc(-c2c(-c3ccc(F)cc3)nn3c2OCCC3)ccn1. The van der Waals surface area contributed by atoms with Gasteiger partial charge in [-0.25, -0.2) is 14.1 Å². The van der Waals surface area contributed by atoms with E-state index in [0.29, 0.717) is 24.8 Å². The molecule has 0 spiro atoms. The minimum Gasteiger partial charge on any atom is -0.477 e. The summed E-state index contributed by atoms with van der Waals surface area (Å²) in [6.45, 7) is 3.67. The topological polar surface area (TPSA) is 72.3 Å². The minimum atomic E-state index is -0.293. The Morgan fingerprint density at radius 2 is 1.84 bits per heavy atom. The number of pyridine rings is 1. The molecule has 8 heteroatoms. The summed E-state index contributed by atoms with van der Waals surface area (Å²) >= 11 is 0. The van der Waals surface area contributed by atoms with Crippen LogP contribution in [0.3, 0.4) is 0 Å². The summed E-state index contributed by atoms with van der Waals surface area (Å²) in [6.07, 6.45) is 6.06. The standard InChI is InChI=1S/C24H26FN5O2/c25-19-7-5-17(6-8-19)23-22(24-30(28-23)13-4-14-32-24)18-9-10-26-20(15-18)27-21(31)16-29-11-2-1-3-12-29/h5-10,15H,1-4,11-14,16H2,(H,26,27,31). The molecule has 5 rings (SSSR count). The Morgan fingerprint density at radius 1 is 1.03 bits per heavy atom. The summed E-state index contributed by atoms with van der Waals surface area (Å²) in [5, 5.41) is 7.68. The predicted molar refractivity (Wildman–Crippen MR) is 120 cm³/mol. The molecule has 7 nitrogen and oxygen atoms in total. The van der Waals surface area contributed by atoms with Crippen LogP contribution < -0.4 is 10.1 Å². The normalized spacial score (nSPS) is 16.3. The van der Waals surface area contributed by atoms with Crippen LogP contribution in [0.5, 0.6) is 5.88 Å². The fourth-order valence-electron chi connectivity index (χ4n) is 4.36. The molecule has 1 aromatic carbocycles. The third-order valence-corrected chi connectivity index (χ3v) is 5.91. The van der Waals surface area contributed by atoms with Gasteiger partial charge >= 0.3 is 0 Å². The molecular formula is C24H26FN5O2. The minimum absolute atomic E-state index is 0.0661. The molecule has 1 N–H and O–H groups in total. The van der Waals surface area contributed by atoms with Crippen LogP contribution in [0.4, 0.5) is 10.2 Å². The molecular weight excluding hydrogens is 409 g/mol. The molecule has 0 aliphatic carbocycles. The summed E-state index contributed by atoms with van der Waals surface area (Å²) in [6, 6.07) is 10.0. The number of carbonyl (C=O) groups excluding carboxylic acids is 1. The molecule has 32 heavy (non-hydrogen) atoms. The lowest BCUT2D eigenvalue weighted by Crippen LogP contribution is -2.36. The van der Waals surface area contributed by atoms with Crippen molar-refractivity contribution in [1.29, 1.82) is 0 Å². The highest BCUT2D eigenvalue weighted by Crippen LogP contribution is 2.41. The molecule has 3 aromatic rings. The summed E-state index contributed by atoms with van der Waals surface area (Å²) in [4.78, 5) is 19.1. The Labute approximate surface area is 186 Å². The van der Waals surface area contributed by atoms with E-state index in [9.17, 15) is 9.18 Å². The van der Waals surface area contributed by atoms with Gasteiger partial charge in [0.15, 0.2) is 0 Å². The van der Waals surface area contributed by atoms with Crippen LogP contribution in [0.25, 0.3) is 22.4 Å². The second-order valence-corrected chi connectivity index (χ2v) is 8.28. The van der Waals surface area contributed by atoms with Crippen LogP contribution >= 0.6 is 0 Å². The Bertz CT molecular complexity index is 1110. The largest absolute Gasteiger partial charge is 0.477 e. The molecule has 0 bridgehead atoms. The lowest BCUT2D eigenvalue weighted by Gasteiger charge is -2.25. The molecule has 1 fully saturated rings. The van der Waals surface area contributed by atoms with E-state index in [0.717, 1.165) is 61.3 Å². The first-order chi connectivity index (χ1) is 15.7. The molecule has 0 unspecified atom stereocenters. The molecule has 0 atom stereocenters. The molecule has 0 radical (unpaired) electrons. The van der Waals surface area contributed by atoms with Gasteiger partial charge in [0.2, 0.25) is 11.8 Å². The highest BCUT2D eigenvalue weighted by atomic mass is 19.1. The zero-order valence-corrected chi connectivity index (χ0v) is 17.9. The van der Waals surface area contributed by atoms with Gasteiger partial charge < -0.3 is 10.1 Å². The number of anilines is 1. The number of nitrogens with zero attached hydrogens (tertiary/aromatic N) is 4. The summed E-state index contributed by atoms with van der Waals surface area (Å²) < 4.78 is 21.3. The van der Waals surface area contributed by atoms with Gasteiger partial charge in [-0.3, -0.25) is 9.69 Å². The number of nitrogens with one attached hydrogen (secondary N) is 1.